The summed E-state index contributed by atoms with van der Waals surface area (Å²) in [6.07, 6.45) is 2.56. The first kappa shape index (κ1) is 25.2. The Morgan fingerprint density at radius 2 is 1.86 bits per heavy atom. The lowest BCUT2D eigenvalue weighted by atomic mass is 10.1. The second kappa shape index (κ2) is 10.4. The monoisotopic (exact) mass is 545 g/mol. The number of sulfonamides is 1. The van der Waals surface area contributed by atoms with Crippen LogP contribution in [0.1, 0.15) is 22.6 Å². The molecule has 2 heterocycles. The first-order valence-electron chi connectivity index (χ1n) is 10.5. The van der Waals surface area contributed by atoms with Gasteiger partial charge in [-0.05, 0) is 60.7 Å². The molecule has 0 saturated heterocycles. The minimum absolute atomic E-state index is 0.00408. The number of amides is 1. The number of carbonyl (C=O) groups is 1. The normalized spacial score (nSPS) is 11.8. The van der Waals surface area contributed by atoms with Crippen LogP contribution < -0.4 is 4.72 Å². The highest BCUT2D eigenvalue weighted by Crippen LogP contribution is 2.30. The van der Waals surface area contributed by atoms with E-state index in [4.69, 9.17) is 23.2 Å². The quantitative estimate of drug-likeness (QED) is 0.284. The standard InChI is InChI=1S/C25H21Cl2N3O3S2/c1-16-5-9-20(10-6-16)35(32,33)29-24(31)12-11-22-25(27)28-17(2)30(22)15-19-8-7-18(14-21(19)26)23-4-3-13-34-23/h3-14H,15H2,1-2H3,(H,29,31)/b12-11+. The van der Waals surface area contributed by atoms with Gasteiger partial charge in [0.2, 0.25) is 0 Å². The number of hydrogen-bond donors (Lipinski definition) is 1. The van der Waals surface area contributed by atoms with Gasteiger partial charge in [-0.25, -0.2) is 18.1 Å². The summed E-state index contributed by atoms with van der Waals surface area (Å²) in [4.78, 5) is 17.8. The fourth-order valence-electron chi connectivity index (χ4n) is 3.44. The zero-order valence-electron chi connectivity index (χ0n) is 18.8. The van der Waals surface area contributed by atoms with E-state index in [1.54, 1.807) is 30.4 Å². The largest absolute Gasteiger partial charge is 0.323 e. The second-order valence-electron chi connectivity index (χ2n) is 7.82. The second-order valence-corrected chi connectivity index (χ2v) is 11.2. The maximum Gasteiger partial charge on any atom is 0.264 e. The van der Waals surface area contributed by atoms with Crippen LogP contribution in [0.2, 0.25) is 10.2 Å². The third-order valence-electron chi connectivity index (χ3n) is 5.30. The molecular weight excluding hydrogens is 525 g/mol. The van der Waals surface area contributed by atoms with Crippen molar-refractivity contribution in [2.75, 3.05) is 0 Å². The summed E-state index contributed by atoms with van der Waals surface area (Å²) < 4.78 is 28.8. The number of aromatic nitrogens is 2. The van der Waals surface area contributed by atoms with Crippen LogP contribution in [0.25, 0.3) is 16.5 Å². The molecule has 1 amide bonds. The number of halogens is 2. The molecule has 2 aromatic heterocycles. The van der Waals surface area contributed by atoms with Crippen molar-refractivity contribution in [3.8, 4) is 10.4 Å². The van der Waals surface area contributed by atoms with Crippen LogP contribution >= 0.6 is 34.5 Å². The molecule has 180 valence electrons. The van der Waals surface area contributed by atoms with Gasteiger partial charge < -0.3 is 4.57 Å². The molecule has 0 unspecified atom stereocenters. The predicted molar refractivity (Wildman–Crippen MR) is 141 cm³/mol. The molecular formula is C25H21Cl2N3O3S2. The molecule has 0 bridgehead atoms. The summed E-state index contributed by atoms with van der Waals surface area (Å²) in [5.41, 5.74) is 3.26. The van der Waals surface area contributed by atoms with Crippen LogP contribution in [0.4, 0.5) is 0 Å². The lowest BCUT2D eigenvalue weighted by Crippen LogP contribution is -2.29. The SMILES string of the molecule is Cc1ccc(S(=O)(=O)NC(=O)/C=C/c2c(Cl)nc(C)n2Cc2ccc(-c3cccs3)cc2Cl)cc1. The number of rotatable bonds is 7. The Morgan fingerprint density at radius 3 is 2.51 bits per heavy atom. The van der Waals surface area contributed by atoms with Crippen LogP contribution in [-0.2, 0) is 21.4 Å². The van der Waals surface area contributed by atoms with Crippen molar-refractivity contribution in [1.29, 1.82) is 0 Å². The fraction of sp³-hybridized carbons (Fsp3) is 0.120. The van der Waals surface area contributed by atoms with E-state index in [1.165, 1.54) is 18.2 Å². The van der Waals surface area contributed by atoms with Gasteiger partial charge in [-0.2, -0.15) is 0 Å². The Hall–Kier alpha value is -2.91. The van der Waals surface area contributed by atoms with Gasteiger partial charge >= 0.3 is 0 Å². The highest BCUT2D eigenvalue weighted by Gasteiger charge is 2.17. The Kier molecular flexibility index (Phi) is 7.47. The van der Waals surface area contributed by atoms with E-state index in [1.807, 2.05) is 51.9 Å². The molecule has 4 aromatic rings. The smallest absolute Gasteiger partial charge is 0.264 e. The van der Waals surface area contributed by atoms with E-state index < -0.39 is 15.9 Å². The summed E-state index contributed by atoms with van der Waals surface area (Å²) in [6, 6.07) is 16.1. The number of hydrogen-bond acceptors (Lipinski definition) is 5. The Morgan fingerprint density at radius 1 is 1.11 bits per heavy atom. The number of thiophene rings is 1. The Balaban J connectivity index is 1.54. The van der Waals surface area contributed by atoms with Crippen molar-refractivity contribution >= 4 is 56.5 Å². The number of imidazole rings is 1. The maximum atomic E-state index is 12.5. The van der Waals surface area contributed by atoms with Crippen molar-refractivity contribution in [3.63, 3.8) is 0 Å². The van der Waals surface area contributed by atoms with Crippen LogP contribution in [0.15, 0.2) is 70.9 Å². The van der Waals surface area contributed by atoms with E-state index in [-0.39, 0.29) is 10.0 Å². The van der Waals surface area contributed by atoms with Crippen molar-refractivity contribution in [1.82, 2.24) is 14.3 Å². The zero-order valence-corrected chi connectivity index (χ0v) is 22.0. The molecule has 0 aliphatic heterocycles. The number of nitrogens with zero attached hydrogens (tertiary/aromatic N) is 2. The number of carbonyl (C=O) groups excluding carboxylic acids is 1. The van der Waals surface area contributed by atoms with Gasteiger partial charge in [0.05, 0.1) is 17.1 Å². The molecule has 6 nitrogen and oxygen atoms in total. The molecule has 0 atom stereocenters. The summed E-state index contributed by atoms with van der Waals surface area (Å²) in [5, 5.41) is 2.80. The van der Waals surface area contributed by atoms with Gasteiger partial charge in [0, 0.05) is 16.0 Å². The van der Waals surface area contributed by atoms with E-state index in [2.05, 4.69) is 4.98 Å². The first-order valence-corrected chi connectivity index (χ1v) is 13.6. The van der Waals surface area contributed by atoms with E-state index in [0.29, 0.717) is 23.1 Å². The minimum atomic E-state index is -4.00. The van der Waals surface area contributed by atoms with Crippen LogP contribution in [0, 0.1) is 13.8 Å². The van der Waals surface area contributed by atoms with Crippen molar-refractivity contribution in [2.24, 2.45) is 0 Å². The molecule has 0 fully saturated rings. The van der Waals surface area contributed by atoms with E-state index >= 15 is 0 Å². The van der Waals surface area contributed by atoms with E-state index in [9.17, 15) is 13.2 Å². The third kappa shape index (κ3) is 5.85. The third-order valence-corrected chi connectivity index (χ3v) is 8.21. The van der Waals surface area contributed by atoms with Crippen molar-refractivity contribution < 1.29 is 13.2 Å². The molecule has 0 radical (unpaired) electrons. The Bertz CT molecular complexity index is 1510. The minimum Gasteiger partial charge on any atom is -0.323 e. The van der Waals surface area contributed by atoms with Crippen LogP contribution in [0.3, 0.4) is 0 Å². The molecule has 10 heteroatoms. The van der Waals surface area contributed by atoms with Gasteiger partial charge in [0.25, 0.3) is 15.9 Å². The van der Waals surface area contributed by atoms with Gasteiger partial charge in [-0.15, -0.1) is 11.3 Å². The van der Waals surface area contributed by atoms with Gasteiger partial charge in [-0.1, -0.05) is 59.1 Å². The van der Waals surface area contributed by atoms with E-state index in [0.717, 1.165) is 27.6 Å². The fourth-order valence-corrected chi connectivity index (χ4v) is 5.64. The molecule has 4 rings (SSSR count). The topological polar surface area (TPSA) is 81.1 Å². The average molecular weight is 547 g/mol. The van der Waals surface area contributed by atoms with Crippen LogP contribution in [-0.4, -0.2) is 23.9 Å². The highest BCUT2D eigenvalue weighted by atomic mass is 35.5. The predicted octanol–water partition coefficient (Wildman–Crippen LogP) is 6.10. The summed E-state index contributed by atoms with van der Waals surface area (Å²) >= 11 is 14.5. The Labute approximate surface area is 217 Å². The summed E-state index contributed by atoms with van der Waals surface area (Å²) in [6.45, 7) is 4.01. The maximum absolute atomic E-state index is 12.5. The van der Waals surface area contributed by atoms with Gasteiger partial charge in [-0.3, -0.25) is 4.79 Å². The summed E-state index contributed by atoms with van der Waals surface area (Å²) in [7, 11) is -4.00. The molecule has 0 aliphatic carbocycles. The molecule has 1 N–H and O–H groups in total. The molecule has 35 heavy (non-hydrogen) atoms. The van der Waals surface area contributed by atoms with Gasteiger partial charge in [0.1, 0.15) is 5.82 Å². The zero-order chi connectivity index (χ0) is 25.2. The highest BCUT2D eigenvalue weighted by molar-refractivity contribution is 7.90. The lowest BCUT2D eigenvalue weighted by Gasteiger charge is -2.11. The molecule has 0 aliphatic rings. The molecule has 0 spiro atoms. The van der Waals surface area contributed by atoms with Crippen molar-refractivity contribution in [2.45, 2.75) is 25.3 Å². The van der Waals surface area contributed by atoms with Crippen molar-refractivity contribution in [3.05, 3.63) is 98.9 Å². The van der Waals surface area contributed by atoms with Gasteiger partial charge in [0.15, 0.2) is 5.15 Å². The van der Waals surface area contributed by atoms with Crippen LogP contribution in [0.5, 0.6) is 0 Å². The average Bonchev–Trinajstić information content (AvgIpc) is 3.42. The molecule has 2 aromatic carbocycles. The first-order chi connectivity index (χ1) is 16.6. The molecule has 0 saturated carbocycles. The number of benzene rings is 2. The lowest BCUT2D eigenvalue weighted by molar-refractivity contribution is -0.114. The number of nitrogens with one attached hydrogen (secondary N) is 1. The number of aryl methyl sites for hydroxylation is 2. The summed E-state index contributed by atoms with van der Waals surface area (Å²) in [5.74, 6) is -0.175.